The van der Waals surface area contributed by atoms with Crippen LogP contribution < -0.4 is 0 Å². The van der Waals surface area contributed by atoms with Crippen molar-refractivity contribution in [2.24, 2.45) is 0 Å². The van der Waals surface area contributed by atoms with Crippen LogP contribution in [-0.4, -0.2) is 46.3 Å². The molecule has 4 nitrogen and oxygen atoms in total. The van der Waals surface area contributed by atoms with Gasteiger partial charge in [-0.25, -0.2) is 0 Å². The highest BCUT2D eigenvalue weighted by Gasteiger charge is 2.24. The molecule has 0 bridgehead atoms. The van der Waals surface area contributed by atoms with E-state index in [4.69, 9.17) is 5.11 Å². The van der Waals surface area contributed by atoms with Crippen LogP contribution in [0.3, 0.4) is 0 Å². The molecular formula is C13H25NO3. The average molecular weight is 243 g/mol. The monoisotopic (exact) mass is 243 g/mol. The first-order valence-corrected chi connectivity index (χ1v) is 6.66. The number of rotatable bonds is 6. The normalized spacial score (nSPS) is 26.7. The van der Waals surface area contributed by atoms with Crippen LogP contribution in [0.2, 0.25) is 0 Å². The number of hydrogen-bond acceptors (Lipinski definition) is 3. The lowest BCUT2D eigenvalue weighted by molar-refractivity contribution is -0.137. The largest absolute Gasteiger partial charge is 0.481 e. The molecule has 17 heavy (non-hydrogen) atoms. The maximum absolute atomic E-state index is 10.3. The van der Waals surface area contributed by atoms with E-state index in [1.54, 1.807) is 0 Å². The number of hydrogen-bond donors (Lipinski definition) is 2. The molecule has 1 saturated heterocycles. The Morgan fingerprint density at radius 1 is 1.24 bits per heavy atom. The molecule has 1 atom stereocenters. The van der Waals surface area contributed by atoms with Crippen molar-refractivity contribution < 1.29 is 15.0 Å². The third-order valence-corrected chi connectivity index (χ3v) is 3.52. The van der Waals surface area contributed by atoms with E-state index >= 15 is 0 Å². The molecule has 2 N–H and O–H groups in total. The van der Waals surface area contributed by atoms with E-state index < -0.39 is 11.6 Å². The molecule has 1 unspecified atom stereocenters. The highest BCUT2D eigenvalue weighted by atomic mass is 16.4. The Morgan fingerprint density at radius 2 is 2.00 bits per heavy atom. The van der Waals surface area contributed by atoms with E-state index in [1.165, 1.54) is 0 Å². The van der Waals surface area contributed by atoms with Gasteiger partial charge in [0.25, 0.3) is 0 Å². The lowest BCUT2D eigenvalue weighted by Crippen LogP contribution is -2.29. The second-order valence-corrected chi connectivity index (χ2v) is 5.40. The Balaban J connectivity index is 2.09. The van der Waals surface area contributed by atoms with Crippen LogP contribution >= 0.6 is 0 Å². The van der Waals surface area contributed by atoms with Gasteiger partial charge in [0.2, 0.25) is 0 Å². The quantitative estimate of drug-likeness (QED) is 0.699. The summed E-state index contributed by atoms with van der Waals surface area (Å²) in [4.78, 5) is 12.7. The van der Waals surface area contributed by atoms with Crippen molar-refractivity contribution in [1.29, 1.82) is 0 Å². The van der Waals surface area contributed by atoms with Gasteiger partial charge in [-0.15, -0.1) is 0 Å². The number of aliphatic hydroxyl groups is 1. The summed E-state index contributed by atoms with van der Waals surface area (Å²) in [5.74, 6) is -0.698. The van der Waals surface area contributed by atoms with E-state index in [9.17, 15) is 9.90 Å². The first-order chi connectivity index (χ1) is 7.99. The maximum Gasteiger partial charge on any atom is 0.303 e. The molecule has 1 aliphatic rings. The number of unbranched alkanes of at least 4 members (excludes halogenated alkanes) is 2. The van der Waals surface area contributed by atoms with E-state index in [0.29, 0.717) is 0 Å². The zero-order valence-corrected chi connectivity index (χ0v) is 10.8. The van der Waals surface area contributed by atoms with E-state index in [1.807, 2.05) is 6.92 Å². The van der Waals surface area contributed by atoms with Crippen molar-refractivity contribution in [1.82, 2.24) is 4.90 Å². The van der Waals surface area contributed by atoms with Gasteiger partial charge in [0.1, 0.15) is 0 Å². The summed E-state index contributed by atoms with van der Waals surface area (Å²) >= 11 is 0. The molecule has 0 aliphatic carbocycles. The number of aliphatic carboxylic acids is 1. The van der Waals surface area contributed by atoms with Gasteiger partial charge in [-0.05, 0) is 52.1 Å². The molecule has 0 radical (unpaired) electrons. The predicted octanol–water partition coefficient (Wildman–Crippen LogP) is 1.87. The zero-order chi connectivity index (χ0) is 12.7. The van der Waals surface area contributed by atoms with Crippen LogP contribution in [0, 0.1) is 0 Å². The molecule has 1 aliphatic heterocycles. The lowest BCUT2D eigenvalue weighted by Gasteiger charge is -2.22. The van der Waals surface area contributed by atoms with Gasteiger partial charge in [0.15, 0.2) is 0 Å². The third kappa shape index (κ3) is 6.64. The molecule has 1 fully saturated rings. The smallest absolute Gasteiger partial charge is 0.303 e. The van der Waals surface area contributed by atoms with Crippen LogP contribution in [0.4, 0.5) is 0 Å². The Morgan fingerprint density at radius 3 is 2.71 bits per heavy atom. The Kier molecular flexibility index (Phi) is 5.92. The predicted molar refractivity (Wildman–Crippen MR) is 67.0 cm³/mol. The summed E-state index contributed by atoms with van der Waals surface area (Å²) in [7, 11) is 0. The second kappa shape index (κ2) is 6.97. The number of likely N-dealkylation sites (tertiary alicyclic amines) is 1. The summed E-state index contributed by atoms with van der Waals surface area (Å²) in [6.45, 7) is 4.99. The molecule has 1 heterocycles. The third-order valence-electron chi connectivity index (χ3n) is 3.52. The minimum Gasteiger partial charge on any atom is -0.481 e. The molecule has 0 spiro atoms. The fourth-order valence-corrected chi connectivity index (χ4v) is 2.33. The SMILES string of the molecule is CC1(O)CCCN(CCCCCC(=O)O)CC1. The topological polar surface area (TPSA) is 60.8 Å². The maximum atomic E-state index is 10.3. The fraction of sp³-hybridized carbons (Fsp3) is 0.923. The van der Waals surface area contributed by atoms with Crippen molar-refractivity contribution in [3.63, 3.8) is 0 Å². The van der Waals surface area contributed by atoms with Gasteiger partial charge < -0.3 is 15.1 Å². The molecule has 0 saturated carbocycles. The van der Waals surface area contributed by atoms with Crippen molar-refractivity contribution >= 4 is 5.97 Å². The molecule has 0 aromatic heterocycles. The van der Waals surface area contributed by atoms with Gasteiger partial charge in [-0.1, -0.05) is 6.42 Å². The van der Waals surface area contributed by atoms with Crippen molar-refractivity contribution in [2.45, 2.75) is 57.5 Å². The summed E-state index contributed by atoms with van der Waals surface area (Å²) in [5.41, 5.74) is -0.488. The highest BCUT2D eigenvalue weighted by molar-refractivity contribution is 5.66. The summed E-state index contributed by atoms with van der Waals surface area (Å²) in [6.07, 6.45) is 5.91. The fourth-order valence-electron chi connectivity index (χ4n) is 2.33. The first-order valence-electron chi connectivity index (χ1n) is 6.66. The van der Waals surface area contributed by atoms with Crippen molar-refractivity contribution in [2.75, 3.05) is 19.6 Å². The van der Waals surface area contributed by atoms with Crippen molar-refractivity contribution in [3.8, 4) is 0 Å². The van der Waals surface area contributed by atoms with E-state index in [-0.39, 0.29) is 6.42 Å². The Bertz CT molecular complexity index is 241. The minimum atomic E-state index is -0.698. The number of nitrogens with zero attached hydrogens (tertiary/aromatic N) is 1. The van der Waals surface area contributed by atoms with Gasteiger partial charge in [0, 0.05) is 13.0 Å². The first kappa shape index (κ1) is 14.5. The molecule has 4 heteroatoms. The van der Waals surface area contributed by atoms with Gasteiger partial charge in [-0.2, -0.15) is 0 Å². The average Bonchev–Trinajstić information content (AvgIpc) is 2.39. The van der Waals surface area contributed by atoms with Gasteiger partial charge in [-0.3, -0.25) is 4.79 Å². The lowest BCUT2D eigenvalue weighted by atomic mass is 9.98. The van der Waals surface area contributed by atoms with Crippen molar-refractivity contribution in [3.05, 3.63) is 0 Å². The van der Waals surface area contributed by atoms with Crippen LogP contribution in [0.25, 0.3) is 0 Å². The molecule has 0 aromatic carbocycles. The van der Waals surface area contributed by atoms with Crippen LogP contribution in [0.5, 0.6) is 0 Å². The molecule has 0 amide bonds. The van der Waals surface area contributed by atoms with Gasteiger partial charge in [0.05, 0.1) is 5.60 Å². The van der Waals surface area contributed by atoms with Crippen LogP contribution in [-0.2, 0) is 4.79 Å². The highest BCUT2D eigenvalue weighted by Crippen LogP contribution is 2.21. The summed E-state index contributed by atoms with van der Waals surface area (Å²) < 4.78 is 0. The zero-order valence-electron chi connectivity index (χ0n) is 10.8. The summed E-state index contributed by atoms with van der Waals surface area (Å²) in [5, 5.41) is 18.5. The number of carboxylic acids is 1. The standard InChI is InChI=1S/C13H25NO3/c1-13(17)7-5-10-14(11-8-13)9-4-2-3-6-12(15)16/h17H,2-11H2,1H3,(H,15,16). The molecule has 1 rings (SSSR count). The Hall–Kier alpha value is -0.610. The molecular weight excluding hydrogens is 218 g/mol. The second-order valence-electron chi connectivity index (χ2n) is 5.40. The van der Waals surface area contributed by atoms with E-state index in [2.05, 4.69) is 4.90 Å². The molecule has 100 valence electrons. The van der Waals surface area contributed by atoms with E-state index in [0.717, 1.165) is 58.2 Å². The number of carbonyl (C=O) groups is 1. The number of carboxylic acid groups (broad SMARTS) is 1. The summed E-state index contributed by atoms with van der Waals surface area (Å²) in [6, 6.07) is 0. The Labute approximate surface area is 104 Å². The van der Waals surface area contributed by atoms with Crippen LogP contribution in [0.15, 0.2) is 0 Å². The van der Waals surface area contributed by atoms with Crippen LogP contribution in [0.1, 0.15) is 51.9 Å². The van der Waals surface area contributed by atoms with Gasteiger partial charge >= 0.3 is 5.97 Å². The molecule has 0 aromatic rings. The minimum absolute atomic E-state index is 0.286.